The molecule has 2 aliphatic rings. The number of carbonyl (C=O) groups is 1. The van der Waals surface area contributed by atoms with Crippen LogP contribution >= 0.6 is 0 Å². The molecule has 1 heterocycles. The highest BCUT2D eigenvalue weighted by Gasteiger charge is 2.35. The van der Waals surface area contributed by atoms with Gasteiger partial charge in [0, 0.05) is 32.1 Å². The smallest absolute Gasteiger partial charge is 0.219 e. The highest BCUT2D eigenvalue weighted by atomic mass is 16.3. The Morgan fingerprint density at radius 3 is 2.70 bits per heavy atom. The molecule has 1 N–H and O–H groups in total. The van der Waals surface area contributed by atoms with E-state index in [0.717, 1.165) is 32.4 Å². The summed E-state index contributed by atoms with van der Waals surface area (Å²) in [6, 6.07) is 11.0. The largest absolute Gasteiger partial charge is 0.391 e. The monoisotopic (exact) mass is 316 g/mol. The van der Waals surface area contributed by atoms with Crippen LogP contribution in [0.5, 0.6) is 0 Å². The highest BCUT2D eigenvalue weighted by Crippen LogP contribution is 2.29. The van der Waals surface area contributed by atoms with Gasteiger partial charge < -0.3 is 10.0 Å². The van der Waals surface area contributed by atoms with Gasteiger partial charge in [0.15, 0.2) is 0 Å². The van der Waals surface area contributed by atoms with E-state index in [1.54, 1.807) is 6.92 Å². The van der Waals surface area contributed by atoms with Crippen molar-refractivity contribution in [2.75, 3.05) is 19.6 Å². The molecular weight excluding hydrogens is 288 g/mol. The molecule has 4 heteroatoms. The molecule has 1 aromatic carbocycles. The van der Waals surface area contributed by atoms with Gasteiger partial charge in [-0.15, -0.1) is 0 Å². The van der Waals surface area contributed by atoms with Crippen molar-refractivity contribution in [3.05, 3.63) is 35.9 Å². The summed E-state index contributed by atoms with van der Waals surface area (Å²) >= 11 is 0. The Bertz CT molecular complexity index is 515. The van der Waals surface area contributed by atoms with E-state index in [1.165, 1.54) is 12.0 Å². The van der Waals surface area contributed by atoms with Crippen molar-refractivity contribution in [2.45, 2.75) is 57.2 Å². The number of hydrogen-bond donors (Lipinski definition) is 1. The number of nitrogens with zero attached hydrogens (tertiary/aromatic N) is 2. The van der Waals surface area contributed by atoms with E-state index >= 15 is 0 Å². The second-order valence-electron chi connectivity index (χ2n) is 7.04. The molecule has 126 valence electrons. The summed E-state index contributed by atoms with van der Waals surface area (Å²) in [4.78, 5) is 16.3. The second kappa shape index (κ2) is 7.45. The summed E-state index contributed by atoms with van der Waals surface area (Å²) < 4.78 is 0. The molecule has 1 aliphatic heterocycles. The molecule has 1 saturated heterocycles. The van der Waals surface area contributed by atoms with Crippen LogP contribution in [0.4, 0.5) is 0 Å². The first-order chi connectivity index (χ1) is 11.1. The Balaban J connectivity index is 1.53. The molecule has 1 amide bonds. The molecule has 0 bridgehead atoms. The highest BCUT2D eigenvalue weighted by molar-refractivity contribution is 5.74. The zero-order chi connectivity index (χ0) is 16.2. The van der Waals surface area contributed by atoms with Gasteiger partial charge in [-0.25, -0.2) is 0 Å². The standard InChI is InChI=1S/C19H28N2O2/c1-15(22)21(17-9-10-17)13-18-8-5-11-20(18)14-19(23)12-16-6-3-2-4-7-16/h2-4,6-7,17-19,23H,5,8-14H2,1H3/t18-,19+/m0/s1. The number of amides is 1. The second-order valence-corrected chi connectivity index (χ2v) is 7.04. The summed E-state index contributed by atoms with van der Waals surface area (Å²) in [5.74, 6) is 0.198. The quantitative estimate of drug-likeness (QED) is 0.837. The fourth-order valence-corrected chi connectivity index (χ4v) is 3.71. The van der Waals surface area contributed by atoms with Gasteiger partial charge in [0.2, 0.25) is 5.91 Å². The number of hydrogen-bond acceptors (Lipinski definition) is 3. The summed E-state index contributed by atoms with van der Waals surface area (Å²) in [6.45, 7) is 4.25. The molecule has 1 aliphatic carbocycles. The van der Waals surface area contributed by atoms with Crippen molar-refractivity contribution in [3.8, 4) is 0 Å². The van der Waals surface area contributed by atoms with Crippen molar-refractivity contribution in [3.63, 3.8) is 0 Å². The van der Waals surface area contributed by atoms with Crippen LogP contribution in [0.1, 0.15) is 38.2 Å². The van der Waals surface area contributed by atoms with Crippen LogP contribution in [0.2, 0.25) is 0 Å². The van der Waals surface area contributed by atoms with E-state index in [9.17, 15) is 9.90 Å². The molecule has 4 nitrogen and oxygen atoms in total. The van der Waals surface area contributed by atoms with Crippen molar-refractivity contribution in [1.29, 1.82) is 0 Å². The van der Waals surface area contributed by atoms with Gasteiger partial charge in [-0.05, 0) is 44.2 Å². The van der Waals surface area contributed by atoms with Crippen molar-refractivity contribution >= 4 is 5.91 Å². The number of aliphatic hydroxyl groups excluding tert-OH is 1. The minimum Gasteiger partial charge on any atom is -0.391 e. The van der Waals surface area contributed by atoms with Crippen LogP contribution in [0, 0.1) is 0 Å². The SMILES string of the molecule is CC(=O)N(C[C@@H]1CCCN1C[C@H](O)Cc1ccccc1)C1CC1. The molecule has 0 unspecified atom stereocenters. The first-order valence-corrected chi connectivity index (χ1v) is 8.86. The van der Waals surface area contributed by atoms with Crippen molar-refractivity contribution in [2.24, 2.45) is 0 Å². The topological polar surface area (TPSA) is 43.8 Å². The maximum Gasteiger partial charge on any atom is 0.219 e. The summed E-state index contributed by atoms with van der Waals surface area (Å²) in [5, 5.41) is 10.4. The van der Waals surface area contributed by atoms with Crippen LogP contribution in [0.3, 0.4) is 0 Å². The number of β-amino-alcohol motifs (C(OH)–C–C–N with tert-alkyl or cyclic N) is 1. The van der Waals surface area contributed by atoms with E-state index in [0.29, 0.717) is 25.0 Å². The van der Waals surface area contributed by atoms with Gasteiger partial charge in [-0.2, -0.15) is 0 Å². The lowest BCUT2D eigenvalue weighted by molar-refractivity contribution is -0.130. The van der Waals surface area contributed by atoms with Gasteiger partial charge in [0.25, 0.3) is 0 Å². The summed E-state index contributed by atoms with van der Waals surface area (Å²) in [7, 11) is 0. The third kappa shape index (κ3) is 4.55. The van der Waals surface area contributed by atoms with Gasteiger partial charge in [-0.1, -0.05) is 30.3 Å². The van der Waals surface area contributed by atoms with Crippen molar-refractivity contribution in [1.82, 2.24) is 9.80 Å². The van der Waals surface area contributed by atoms with Gasteiger partial charge >= 0.3 is 0 Å². The Hall–Kier alpha value is -1.39. The molecule has 1 saturated carbocycles. The van der Waals surface area contributed by atoms with Crippen LogP contribution < -0.4 is 0 Å². The summed E-state index contributed by atoms with van der Waals surface area (Å²) in [6.07, 6.45) is 4.97. The maximum absolute atomic E-state index is 11.8. The summed E-state index contributed by atoms with van der Waals surface area (Å²) in [5.41, 5.74) is 1.18. The van der Waals surface area contributed by atoms with Crippen LogP contribution in [0.15, 0.2) is 30.3 Å². The number of likely N-dealkylation sites (tertiary alicyclic amines) is 1. The average Bonchev–Trinajstić information content (AvgIpc) is 3.27. The molecule has 23 heavy (non-hydrogen) atoms. The van der Waals surface area contributed by atoms with Gasteiger partial charge in [0.1, 0.15) is 0 Å². The minimum absolute atomic E-state index is 0.198. The zero-order valence-electron chi connectivity index (χ0n) is 14.0. The predicted octanol–water partition coefficient (Wildman–Crippen LogP) is 2.07. The molecule has 1 aromatic rings. The normalized spacial score (nSPS) is 23.0. The zero-order valence-corrected chi connectivity index (χ0v) is 14.0. The Morgan fingerprint density at radius 1 is 1.30 bits per heavy atom. The van der Waals surface area contributed by atoms with E-state index in [4.69, 9.17) is 0 Å². The van der Waals surface area contributed by atoms with E-state index in [-0.39, 0.29) is 12.0 Å². The molecule has 2 fully saturated rings. The number of aliphatic hydroxyl groups is 1. The lowest BCUT2D eigenvalue weighted by Gasteiger charge is -2.31. The van der Waals surface area contributed by atoms with Crippen LogP contribution in [-0.2, 0) is 11.2 Å². The Morgan fingerprint density at radius 2 is 2.04 bits per heavy atom. The van der Waals surface area contributed by atoms with E-state index < -0.39 is 0 Å². The maximum atomic E-state index is 11.8. The Labute approximate surface area is 139 Å². The fraction of sp³-hybridized carbons (Fsp3) is 0.632. The molecule has 3 rings (SSSR count). The van der Waals surface area contributed by atoms with Gasteiger partial charge in [0.05, 0.1) is 6.10 Å². The first-order valence-electron chi connectivity index (χ1n) is 8.86. The van der Waals surface area contributed by atoms with Crippen molar-refractivity contribution < 1.29 is 9.90 Å². The third-order valence-electron chi connectivity index (χ3n) is 5.06. The molecular formula is C19H28N2O2. The van der Waals surface area contributed by atoms with Gasteiger partial charge in [-0.3, -0.25) is 9.69 Å². The van der Waals surface area contributed by atoms with Crippen LogP contribution in [0.25, 0.3) is 0 Å². The number of rotatable bonds is 7. The third-order valence-corrected chi connectivity index (χ3v) is 5.06. The average molecular weight is 316 g/mol. The lowest BCUT2D eigenvalue weighted by atomic mass is 10.1. The fourth-order valence-electron chi connectivity index (χ4n) is 3.71. The number of carbonyl (C=O) groups excluding carboxylic acids is 1. The Kier molecular flexibility index (Phi) is 5.34. The molecule has 2 atom stereocenters. The van der Waals surface area contributed by atoms with E-state index in [1.807, 2.05) is 23.1 Å². The minimum atomic E-state index is -0.343. The molecule has 0 aromatic heterocycles. The molecule has 0 radical (unpaired) electrons. The molecule has 0 spiro atoms. The first kappa shape index (κ1) is 16.5. The predicted molar refractivity (Wildman–Crippen MR) is 91.2 cm³/mol. The van der Waals surface area contributed by atoms with Crippen LogP contribution in [-0.4, -0.2) is 58.6 Å². The lowest BCUT2D eigenvalue weighted by Crippen LogP contribution is -2.45. The van der Waals surface area contributed by atoms with E-state index in [2.05, 4.69) is 17.0 Å². The number of benzene rings is 1.